The van der Waals surface area contributed by atoms with Crippen LogP contribution in [0.1, 0.15) is 54.4 Å². The fourth-order valence-electron chi connectivity index (χ4n) is 1.21. The van der Waals surface area contributed by atoms with Crippen LogP contribution < -0.4 is 0 Å². The van der Waals surface area contributed by atoms with E-state index in [0.717, 1.165) is 12.8 Å². The first kappa shape index (κ1) is 13.9. The van der Waals surface area contributed by atoms with Crippen LogP contribution in [-0.2, 0) is 4.74 Å². The van der Waals surface area contributed by atoms with Gasteiger partial charge in [0.1, 0.15) is 0 Å². The van der Waals surface area contributed by atoms with Crippen molar-refractivity contribution in [2.75, 3.05) is 0 Å². The Labute approximate surface area is 88.7 Å². The molecule has 0 bridgehead atoms. The molecule has 0 saturated heterocycles. The predicted molar refractivity (Wildman–Crippen MR) is 60.1 cm³/mol. The van der Waals surface area contributed by atoms with E-state index in [0.29, 0.717) is 11.8 Å². The number of ether oxygens (including phenoxy) is 1. The van der Waals surface area contributed by atoms with Crippen molar-refractivity contribution in [1.29, 1.82) is 0 Å². The van der Waals surface area contributed by atoms with E-state index < -0.39 is 6.29 Å². The van der Waals surface area contributed by atoms with Gasteiger partial charge in [0, 0.05) is 0 Å². The van der Waals surface area contributed by atoms with Gasteiger partial charge in [0.2, 0.25) is 0 Å². The second-order valence-electron chi connectivity index (χ2n) is 5.48. The maximum absolute atomic E-state index is 9.59. The van der Waals surface area contributed by atoms with Gasteiger partial charge in [-0.3, -0.25) is 0 Å². The molecule has 86 valence electrons. The molecule has 0 aliphatic rings. The highest BCUT2D eigenvalue weighted by molar-refractivity contribution is 4.62. The summed E-state index contributed by atoms with van der Waals surface area (Å²) in [7, 11) is 0. The zero-order valence-electron chi connectivity index (χ0n) is 10.5. The number of hydrogen-bond donors (Lipinski definition) is 1. The van der Waals surface area contributed by atoms with E-state index >= 15 is 0 Å². The minimum Gasteiger partial charge on any atom is -0.368 e. The Bertz CT molecular complexity index is 147. The molecule has 0 rings (SSSR count). The summed E-state index contributed by atoms with van der Waals surface area (Å²) in [5.41, 5.74) is -0.250. The van der Waals surface area contributed by atoms with E-state index in [1.807, 2.05) is 20.8 Å². The maximum atomic E-state index is 9.59. The Morgan fingerprint density at radius 1 is 1.07 bits per heavy atom. The van der Waals surface area contributed by atoms with Gasteiger partial charge in [-0.05, 0) is 45.4 Å². The second kappa shape index (κ2) is 5.72. The zero-order chi connectivity index (χ0) is 11.4. The molecule has 2 nitrogen and oxygen atoms in total. The van der Waals surface area contributed by atoms with Crippen LogP contribution in [0, 0.1) is 11.8 Å². The lowest BCUT2D eigenvalue weighted by Gasteiger charge is -2.25. The van der Waals surface area contributed by atoms with Gasteiger partial charge < -0.3 is 9.84 Å². The molecule has 0 amide bonds. The molecule has 0 spiro atoms. The van der Waals surface area contributed by atoms with Crippen molar-refractivity contribution in [2.24, 2.45) is 11.8 Å². The lowest BCUT2D eigenvalue weighted by atomic mass is 9.93. The zero-order valence-corrected chi connectivity index (χ0v) is 10.5. The fourth-order valence-corrected chi connectivity index (χ4v) is 1.21. The summed E-state index contributed by atoms with van der Waals surface area (Å²) in [5.74, 6) is 1.32. The molecule has 14 heavy (non-hydrogen) atoms. The molecule has 0 aromatic carbocycles. The van der Waals surface area contributed by atoms with Crippen LogP contribution in [0.15, 0.2) is 0 Å². The van der Waals surface area contributed by atoms with Crippen LogP contribution in [0.2, 0.25) is 0 Å². The smallest absolute Gasteiger partial charge is 0.155 e. The Morgan fingerprint density at radius 3 is 1.93 bits per heavy atom. The van der Waals surface area contributed by atoms with Crippen molar-refractivity contribution in [1.82, 2.24) is 0 Å². The summed E-state index contributed by atoms with van der Waals surface area (Å²) in [5, 5.41) is 9.59. The largest absolute Gasteiger partial charge is 0.368 e. The number of aliphatic hydroxyl groups is 1. The first-order valence-electron chi connectivity index (χ1n) is 5.58. The topological polar surface area (TPSA) is 29.5 Å². The van der Waals surface area contributed by atoms with E-state index in [-0.39, 0.29) is 5.60 Å². The second-order valence-corrected chi connectivity index (χ2v) is 5.48. The van der Waals surface area contributed by atoms with Gasteiger partial charge in [-0.25, -0.2) is 0 Å². The Hall–Kier alpha value is -0.0800. The molecule has 2 atom stereocenters. The van der Waals surface area contributed by atoms with Crippen molar-refractivity contribution in [3.05, 3.63) is 0 Å². The molecule has 0 aliphatic heterocycles. The molecule has 1 N–H and O–H groups in total. The van der Waals surface area contributed by atoms with Gasteiger partial charge in [-0.15, -0.1) is 0 Å². The molecule has 2 heteroatoms. The summed E-state index contributed by atoms with van der Waals surface area (Å²) in [4.78, 5) is 0. The van der Waals surface area contributed by atoms with Gasteiger partial charge in [0.05, 0.1) is 5.60 Å². The van der Waals surface area contributed by atoms with Crippen LogP contribution >= 0.6 is 0 Å². The molecule has 0 aromatic rings. The minimum atomic E-state index is -0.615. The third-order valence-electron chi connectivity index (χ3n) is 2.50. The van der Waals surface area contributed by atoms with Crippen molar-refractivity contribution >= 4 is 0 Å². The number of rotatable bonds is 5. The predicted octanol–water partition coefficient (Wildman–Crippen LogP) is 3.19. The molecule has 0 aliphatic carbocycles. The summed E-state index contributed by atoms with van der Waals surface area (Å²) in [6, 6.07) is 0. The molecular weight excluding hydrogens is 176 g/mol. The monoisotopic (exact) mass is 202 g/mol. The van der Waals surface area contributed by atoms with Crippen LogP contribution in [0.4, 0.5) is 0 Å². The SMILES string of the molecule is CC(C)C(C)CCC(O)OC(C)(C)C. The molecule has 0 radical (unpaired) electrons. The highest BCUT2D eigenvalue weighted by Gasteiger charge is 2.17. The van der Waals surface area contributed by atoms with E-state index in [1.165, 1.54) is 0 Å². The fraction of sp³-hybridized carbons (Fsp3) is 1.00. The quantitative estimate of drug-likeness (QED) is 0.694. The third-order valence-corrected chi connectivity index (χ3v) is 2.50. The van der Waals surface area contributed by atoms with E-state index in [1.54, 1.807) is 0 Å². The molecule has 0 heterocycles. The van der Waals surface area contributed by atoms with Crippen LogP contribution in [-0.4, -0.2) is 17.0 Å². The minimum absolute atomic E-state index is 0.250. The van der Waals surface area contributed by atoms with Crippen LogP contribution in [0.25, 0.3) is 0 Å². The number of aliphatic hydroxyl groups excluding tert-OH is 1. The number of hydrogen-bond acceptors (Lipinski definition) is 2. The van der Waals surface area contributed by atoms with Crippen molar-refractivity contribution in [3.63, 3.8) is 0 Å². The summed E-state index contributed by atoms with van der Waals surface area (Å²) in [6.45, 7) is 12.5. The third kappa shape index (κ3) is 7.34. The average molecular weight is 202 g/mol. The molecule has 0 fully saturated rings. The maximum Gasteiger partial charge on any atom is 0.155 e. The summed E-state index contributed by atoms with van der Waals surface area (Å²) >= 11 is 0. The highest BCUT2D eigenvalue weighted by Crippen LogP contribution is 2.19. The first-order chi connectivity index (χ1) is 6.22. The Balaban J connectivity index is 3.69. The van der Waals surface area contributed by atoms with Gasteiger partial charge >= 0.3 is 0 Å². The van der Waals surface area contributed by atoms with Gasteiger partial charge in [-0.2, -0.15) is 0 Å². The van der Waals surface area contributed by atoms with Gasteiger partial charge in [0.15, 0.2) is 6.29 Å². The van der Waals surface area contributed by atoms with E-state index in [9.17, 15) is 5.11 Å². The summed E-state index contributed by atoms with van der Waals surface area (Å²) < 4.78 is 5.42. The Morgan fingerprint density at radius 2 is 1.57 bits per heavy atom. The lowest BCUT2D eigenvalue weighted by Crippen LogP contribution is -2.27. The van der Waals surface area contributed by atoms with Gasteiger partial charge in [-0.1, -0.05) is 20.8 Å². The van der Waals surface area contributed by atoms with Crippen molar-refractivity contribution in [2.45, 2.75) is 66.3 Å². The summed E-state index contributed by atoms with van der Waals surface area (Å²) in [6.07, 6.45) is 1.14. The molecule has 0 saturated carbocycles. The lowest BCUT2D eigenvalue weighted by molar-refractivity contribution is -0.169. The molecular formula is C12H26O2. The molecule has 0 aromatic heterocycles. The van der Waals surface area contributed by atoms with E-state index in [4.69, 9.17) is 4.74 Å². The normalized spacial score (nSPS) is 17.1. The van der Waals surface area contributed by atoms with Crippen LogP contribution in [0.3, 0.4) is 0 Å². The van der Waals surface area contributed by atoms with Crippen LogP contribution in [0.5, 0.6) is 0 Å². The standard InChI is InChI=1S/C12H26O2/c1-9(2)10(3)7-8-11(13)14-12(4,5)6/h9-11,13H,7-8H2,1-6H3. The Kier molecular flexibility index (Phi) is 5.68. The molecule has 2 unspecified atom stereocenters. The average Bonchev–Trinajstić information content (AvgIpc) is 1.96. The van der Waals surface area contributed by atoms with Crippen molar-refractivity contribution in [3.8, 4) is 0 Å². The van der Waals surface area contributed by atoms with Crippen molar-refractivity contribution < 1.29 is 9.84 Å². The van der Waals surface area contributed by atoms with E-state index in [2.05, 4.69) is 20.8 Å². The van der Waals surface area contributed by atoms with Gasteiger partial charge in [0.25, 0.3) is 0 Å². The highest BCUT2D eigenvalue weighted by atomic mass is 16.6. The first-order valence-corrected chi connectivity index (χ1v) is 5.58.